The molecule has 1 aliphatic heterocycles. The highest BCUT2D eigenvalue weighted by atomic mass is 79.9. The molecular formula is C11H15BrN2O. The molecule has 0 spiro atoms. The number of hydrogen-bond donors (Lipinski definition) is 0. The zero-order chi connectivity index (χ0) is 10.8. The first-order valence-corrected chi connectivity index (χ1v) is 5.95. The second-order valence-electron chi connectivity index (χ2n) is 3.92. The lowest BCUT2D eigenvalue weighted by Gasteiger charge is -2.32. The maximum atomic E-state index is 5.50. The van der Waals surface area contributed by atoms with Gasteiger partial charge in [-0.15, -0.1) is 0 Å². The van der Waals surface area contributed by atoms with Crippen LogP contribution < -0.4 is 4.90 Å². The van der Waals surface area contributed by atoms with Crippen molar-refractivity contribution in [2.45, 2.75) is 20.0 Å². The average molecular weight is 271 g/mol. The number of hydrogen-bond acceptors (Lipinski definition) is 3. The summed E-state index contributed by atoms with van der Waals surface area (Å²) in [6, 6.07) is 2.11. The fraction of sp³-hybridized carbons (Fsp3) is 0.545. The number of aryl methyl sites for hydroxylation is 1. The highest BCUT2D eigenvalue weighted by Gasteiger charge is 2.17. The Balaban J connectivity index is 2.18. The normalized spacial score (nSPS) is 21.8. The standard InChI is InChI=1S/C11H15BrN2O/c1-8-5-11(13-6-10(8)12)14-3-4-15-9(2)7-14/h5-6,9H,3-4,7H2,1-2H3. The number of nitrogens with zero attached hydrogens (tertiary/aromatic N) is 2. The molecule has 0 saturated carbocycles. The number of ether oxygens (including phenoxy) is 1. The van der Waals surface area contributed by atoms with Crippen molar-refractivity contribution in [1.82, 2.24) is 4.98 Å². The molecule has 3 nitrogen and oxygen atoms in total. The molecule has 0 aliphatic carbocycles. The van der Waals surface area contributed by atoms with E-state index in [0.29, 0.717) is 6.10 Å². The van der Waals surface area contributed by atoms with Crippen LogP contribution in [0, 0.1) is 6.92 Å². The Kier molecular flexibility index (Phi) is 3.26. The van der Waals surface area contributed by atoms with Crippen LogP contribution in [0.15, 0.2) is 16.7 Å². The van der Waals surface area contributed by atoms with E-state index < -0.39 is 0 Å². The first-order chi connectivity index (χ1) is 7.16. The van der Waals surface area contributed by atoms with Crippen LogP contribution in [0.1, 0.15) is 12.5 Å². The van der Waals surface area contributed by atoms with Crippen molar-refractivity contribution in [2.75, 3.05) is 24.6 Å². The predicted molar refractivity (Wildman–Crippen MR) is 64.3 cm³/mol. The van der Waals surface area contributed by atoms with Crippen LogP contribution in [0.25, 0.3) is 0 Å². The van der Waals surface area contributed by atoms with E-state index in [1.807, 2.05) is 6.20 Å². The second kappa shape index (κ2) is 4.49. The molecular weight excluding hydrogens is 256 g/mol. The van der Waals surface area contributed by atoms with Crippen molar-refractivity contribution < 1.29 is 4.74 Å². The highest BCUT2D eigenvalue weighted by molar-refractivity contribution is 9.10. The Morgan fingerprint density at radius 2 is 2.40 bits per heavy atom. The number of morpholine rings is 1. The van der Waals surface area contributed by atoms with E-state index in [0.717, 1.165) is 30.0 Å². The molecule has 82 valence electrons. The summed E-state index contributed by atoms with van der Waals surface area (Å²) in [7, 11) is 0. The van der Waals surface area contributed by atoms with Crippen molar-refractivity contribution in [3.8, 4) is 0 Å². The van der Waals surface area contributed by atoms with Crippen LogP contribution in [-0.4, -0.2) is 30.8 Å². The summed E-state index contributed by atoms with van der Waals surface area (Å²) in [5.41, 5.74) is 1.22. The fourth-order valence-electron chi connectivity index (χ4n) is 1.72. The smallest absolute Gasteiger partial charge is 0.128 e. The molecule has 1 aromatic rings. The van der Waals surface area contributed by atoms with Gasteiger partial charge in [-0.25, -0.2) is 4.98 Å². The van der Waals surface area contributed by atoms with E-state index in [4.69, 9.17) is 4.74 Å². The Morgan fingerprint density at radius 1 is 1.60 bits per heavy atom. The summed E-state index contributed by atoms with van der Waals surface area (Å²) in [4.78, 5) is 6.69. The Morgan fingerprint density at radius 3 is 3.07 bits per heavy atom. The third-order valence-corrected chi connectivity index (χ3v) is 3.43. The first-order valence-electron chi connectivity index (χ1n) is 5.15. The molecule has 0 bridgehead atoms. The Labute approximate surface area is 98.6 Å². The average Bonchev–Trinajstić information content (AvgIpc) is 2.22. The van der Waals surface area contributed by atoms with Gasteiger partial charge in [-0.1, -0.05) is 0 Å². The summed E-state index contributed by atoms with van der Waals surface area (Å²) in [5, 5.41) is 0. The van der Waals surface area contributed by atoms with Gasteiger partial charge in [-0.3, -0.25) is 0 Å². The van der Waals surface area contributed by atoms with Gasteiger partial charge in [0.25, 0.3) is 0 Å². The minimum atomic E-state index is 0.296. The molecule has 1 fully saturated rings. The number of aromatic nitrogens is 1. The lowest BCUT2D eigenvalue weighted by atomic mass is 10.2. The van der Waals surface area contributed by atoms with Gasteiger partial charge in [-0.2, -0.15) is 0 Å². The third-order valence-electron chi connectivity index (χ3n) is 2.60. The number of halogens is 1. The third kappa shape index (κ3) is 2.49. The minimum absolute atomic E-state index is 0.296. The molecule has 1 atom stereocenters. The zero-order valence-electron chi connectivity index (χ0n) is 9.03. The topological polar surface area (TPSA) is 25.4 Å². The van der Waals surface area contributed by atoms with Crippen molar-refractivity contribution >= 4 is 21.7 Å². The van der Waals surface area contributed by atoms with Gasteiger partial charge in [0.15, 0.2) is 0 Å². The van der Waals surface area contributed by atoms with E-state index in [2.05, 4.69) is 45.7 Å². The highest BCUT2D eigenvalue weighted by Crippen LogP contribution is 2.21. The summed E-state index contributed by atoms with van der Waals surface area (Å²) < 4.78 is 6.57. The lowest BCUT2D eigenvalue weighted by molar-refractivity contribution is 0.0529. The molecule has 2 heterocycles. The van der Waals surface area contributed by atoms with Crippen molar-refractivity contribution in [2.24, 2.45) is 0 Å². The molecule has 1 saturated heterocycles. The van der Waals surface area contributed by atoms with Gasteiger partial charge < -0.3 is 9.64 Å². The van der Waals surface area contributed by atoms with Crippen molar-refractivity contribution in [3.63, 3.8) is 0 Å². The quantitative estimate of drug-likeness (QED) is 0.784. The molecule has 0 N–H and O–H groups in total. The van der Waals surface area contributed by atoms with E-state index in [1.54, 1.807) is 0 Å². The maximum Gasteiger partial charge on any atom is 0.128 e. The predicted octanol–water partition coefficient (Wildman–Crippen LogP) is 2.38. The molecule has 1 unspecified atom stereocenters. The van der Waals surface area contributed by atoms with Gasteiger partial charge in [0.1, 0.15) is 5.82 Å². The van der Waals surface area contributed by atoms with Gasteiger partial charge in [0.05, 0.1) is 12.7 Å². The monoisotopic (exact) mass is 270 g/mol. The summed E-state index contributed by atoms with van der Waals surface area (Å²) >= 11 is 3.46. The fourth-order valence-corrected chi connectivity index (χ4v) is 1.94. The van der Waals surface area contributed by atoms with Gasteiger partial charge in [0.2, 0.25) is 0 Å². The van der Waals surface area contributed by atoms with E-state index in [9.17, 15) is 0 Å². The van der Waals surface area contributed by atoms with Gasteiger partial charge >= 0.3 is 0 Å². The molecule has 0 radical (unpaired) electrons. The molecule has 0 aromatic carbocycles. The van der Waals surface area contributed by atoms with E-state index >= 15 is 0 Å². The van der Waals surface area contributed by atoms with Gasteiger partial charge in [0, 0.05) is 23.8 Å². The van der Waals surface area contributed by atoms with Crippen LogP contribution in [0.4, 0.5) is 5.82 Å². The second-order valence-corrected chi connectivity index (χ2v) is 4.77. The van der Waals surface area contributed by atoms with Crippen LogP contribution in [0.3, 0.4) is 0 Å². The van der Waals surface area contributed by atoms with Crippen molar-refractivity contribution in [3.05, 3.63) is 22.3 Å². The molecule has 2 rings (SSSR count). The SMILES string of the molecule is Cc1cc(N2CCOC(C)C2)ncc1Br. The Bertz CT molecular complexity index is 356. The number of anilines is 1. The summed E-state index contributed by atoms with van der Waals surface area (Å²) in [6.07, 6.45) is 2.16. The molecule has 15 heavy (non-hydrogen) atoms. The van der Waals surface area contributed by atoms with Crippen LogP contribution in [-0.2, 0) is 4.74 Å². The molecule has 0 amide bonds. The van der Waals surface area contributed by atoms with Gasteiger partial charge in [-0.05, 0) is 41.4 Å². The Hall–Kier alpha value is -0.610. The largest absolute Gasteiger partial charge is 0.375 e. The summed E-state index contributed by atoms with van der Waals surface area (Å²) in [5.74, 6) is 1.05. The summed E-state index contributed by atoms with van der Waals surface area (Å²) in [6.45, 7) is 6.82. The zero-order valence-corrected chi connectivity index (χ0v) is 10.6. The minimum Gasteiger partial charge on any atom is -0.375 e. The van der Waals surface area contributed by atoms with Crippen molar-refractivity contribution in [1.29, 1.82) is 0 Å². The lowest BCUT2D eigenvalue weighted by Crippen LogP contribution is -2.41. The maximum absolute atomic E-state index is 5.50. The van der Waals surface area contributed by atoms with Crippen LogP contribution in [0.5, 0.6) is 0 Å². The molecule has 4 heteroatoms. The van der Waals surface area contributed by atoms with Crippen LogP contribution >= 0.6 is 15.9 Å². The molecule has 1 aliphatic rings. The van der Waals surface area contributed by atoms with E-state index in [-0.39, 0.29) is 0 Å². The first kappa shape index (κ1) is 10.9. The molecule has 1 aromatic heterocycles. The number of rotatable bonds is 1. The van der Waals surface area contributed by atoms with E-state index in [1.165, 1.54) is 5.56 Å². The van der Waals surface area contributed by atoms with Crippen LogP contribution in [0.2, 0.25) is 0 Å². The number of pyridine rings is 1.